The molecule has 23 heavy (non-hydrogen) atoms. The second-order valence-corrected chi connectivity index (χ2v) is 4.49. The highest BCUT2D eigenvalue weighted by Crippen LogP contribution is 2.18. The van der Waals surface area contributed by atoms with Gasteiger partial charge in [-0.2, -0.15) is 0 Å². The fourth-order valence-electron chi connectivity index (χ4n) is 1.79. The molecule has 0 spiro atoms. The first-order chi connectivity index (χ1) is 11.1. The van der Waals surface area contributed by atoms with Gasteiger partial charge in [0.1, 0.15) is 5.75 Å². The number of rotatable bonds is 6. The normalized spacial score (nSPS) is 10.9. The van der Waals surface area contributed by atoms with E-state index < -0.39 is 10.9 Å². The fourth-order valence-corrected chi connectivity index (χ4v) is 1.79. The number of ether oxygens (including phenoxy) is 2. The predicted molar refractivity (Wildman–Crippen MR) is 84.8 cm³/mol. The highest BCUT2D eigenvalue weighted by atomic mass is 16.6. The summed E-state index contributed by atoms with van der Waals surface area (Å²) < 4.78 is 10.5. The number of nitro groups is 1. The number of hydrogen-bond acceptors (Lipinski definition) is 5. The van der Waals surface area contributed by atoms with E-state index in [1.165, 1.54) is 30.3 Å². The summed E-state index contributed by atoms with van der Waals surface area (Å²) in [6, 6.07) is 14.6. The van der Waals surface area contributed by atoms with Crippen molar-refractivity contribution in [3.63, 3.8) is 0 Å². The largest absolute Gasteiger partial charge is 0.460 e. The topological polar surface area (TPSA) is 78.7 Å². The van der Waals surface area contributed by atoms with E-state index in [9.17, 15) is 14.9 Å². The molecule has 2 aromatic carbocycles. The summed E-state index contributed by atoms with van der Waals surface area (Å²) >= 11 is 0. The summed E-state index contributed by atoms with van der Waals surface area (Å²) in [5, 5.41) is 10.7. The zero-order valence-electron chi connectivity index (χ0n) is 12.5. The molecule has 0 unspecified atom stereocenters. The van der Waals surface area contributed by atoms with E-state index in [0.29, 0.717) is 11.3 Å². The molecule has 6 heteroatoms. The maximum atomic E-state index is 12.0. The second-order valence-electron chi connectivity index (χ2n) is 4.49. The molecule has 0 amide bonds. The lowest BCUT2D eigenvalue weighted by atomic mass is 10.2. The molecule has 0 saturated carbocycles. The molecule has 0 fully saturated rings. The van der Waals surface area contributed by atoms with Gasteiger partial charge in [-0.15, -0.1) is 0 Å². The third-order valence-corrected chi connectivity index (χ3v) is 2.85. The average molecular weight is 313 g/mol. The van der Waals surface area contributed by atoms with Gasteiger partial charge in [-0.25, -0.2) is 4.79 Å². The summed E-state index contributed by atoms with van der Waals surface area (Å²) in [4.78, 5) is 22.2. The molecule has 0 aromatic heterocycles. The van der Waals surface area contributed by atoms with E-state index in [1.807, 2.05) is 6.07 Å². The van der Waals surface area contributed by atoms with Gasteiger partial charge in [0.05, 0.1) is 11.5 Å². The number of non-ortho nitro benzene ring substituents is 1. The van der Waals surface area contributed by atoms with Gasteiger partial charge < -0.3 is 9.47 Å². The molecule has 0 saturated heterocycles. The van der Waals surface area contributed by atoms with Crippen LogP contribution in [0.3, 0.4) is 0 Å². The standard InChI is InChI=1S/C17H15NO5/c1-2-22-17(19)16(23-15-6-4-3-5-7-15)12-13-8-10-14(11-9-13)18(20)21/h3-12H,2H2,1H3/b16-12-. The molecule has 2 rings (SSSR count). The molecule has 6 nitrogen and oxygen atoms in total. The number of carbonyl (C=O) groups excluding carboxylic acids is 1. The van der Waals surface area contributed by atoms with Crippen molar-refractivity contribution in [1.29, 1.82) is 0 Å². The second kappa shape index (κ2) is 7.74. The van der Waals surface area contributed by atoms with Crippen molar-refractivity contribution in [1.82, 2.24) is 0 Å². The van der Waals surface area contributed by atoms with Gasteiger partial charge in [-0.05, 0) is 42.8 Å². The number of benzene rings is 2. The quantitative estimate of drug-likeness (QED) is 0.268. The minimum Gasteiger partial charge on any atom is -0.460 e. The SMILES string of the molecule is CCOC(=O)/C(=C/c1ccc([N+](=O)[O-])cc1)Oc1ccccc1. The fraction of sp³-hybridized carbons (Fsp3) is 0.118. The molecular formula is C17H15NO5. The molecule has 0 aliphatic rings. The zero-order valence-corrected chi connectivity index (χ0v) is 12.5. The van der Waals surface area contributed by atoms with E-state index in [0.717, 1.165) is 0 Å². The summed E-state index contributed by atoms with van der Waals surface area (Å²) in [5.74, 6) is -0.102. The van der Waals surface area contributed by atoms with Crippen LogP contribution in [0.4, 0.5) is 5.69 Å². The van der Waals surface area contributed by atoms with Crippen LogP contribution in [-0.4, -0.2) is 17.5 Å². The third-order valence-electron chi connectivity index (χ3n) is 2.85. The Balaban J connectivity index is 2.28. The van der Waals surface area contributed by atoms with Crippen LogP contribution in [0.1, 0.15) is 12.5 Å². The van der Waals surface area contributed by atoms with Crippen molar-refractivity contribution >= 4 is 17.7 Å². The lowest BCUT2D eigenvalue weighted by molar-refractivity contribution is -0.384. The van der Waals surface area contributed by atoms with Gasteiger partial charge in [0.2, 0.25) is 5.76 Å². The Morgan fingerprint density at radius 2 is 1.78 bits per heavy atom. The van der Waals surface area contributed by atoms with Crippen LogP contribution in [0.15, 0.2) is 60.4 Å². The summed E-state index contributed by atoms with van der Waals surface area (Å²) in [5.41, 5.74) is 0.568. The van der Waals surface area contributed by atoms with Gasteiger partial charge in [0, 0.05) is 12.1 Å². The highest BCUT2D eigenvalue weighted by Gasteiger charge is 2.14. The lowest BCUT2D eigenvalue weighted by Gasteiger charge is -2.09. The summed E-state index contributed by atoms with van der Waals surface area (Å²) in [7, 11) is 0. The Kier molecular flexibility index (Phi) is 5.46. The van der Waals surface area contributed by atoms with Gasteiger partial charge >= 0.3 is 5.97 Å². The average Bonchev–Trinajstić information content (AvgIpc) is 2.56. The minimum absolute atomic E-state index is 0.00639. The van der Waals surface area contributed by atoms with Crippen LogP contribution < -0.4 is 4.74 Å². The van der Waals surface area contributed by atoms with E-state index in [-0.39, 0.29) is 18.1 Å². The maximum Gasteiger partial charge on any atom is 0.374 e. The van der Waals surface area contributed by atoms with Gasteiger partial charge in [0.25, 0.3) is 5.69 Å². The first kappa shape index (κ1) is 16.2. The van der Waals surface area contributed by atoms with Crippen LogP contribution in [0.5, 0.6) is 5.75 Å². The van der Waals surface area contributed by atoms with Crippen molar-refractivity contribution in [2.24, 2.45) is 0 Å². The zero-order chi connectivity index (χ0) is 16.7. The van der Waals surface area contributed by atoms with E-state index in [4.69, 9.17) is 9.47 Å². The molecule has 0 aliphatic heterocycles. The monoisotopic (exact) mass is 313 g/mol. The van der Waals surface area contributed by atoms with Crippen LogP contribution in [-0.2, 0) is 9.53 Å². The molecule has 0 N–H and O–H groups in total. The lowest BCUT2D eigenvalue weighted by Crippen LogP contribution is -2.12. The first-order valence-electron chi connectivity index (χ1n) is 6.96. The number of para-hydroxylation sites is 1. The number of nitrogens with zero attached hydrogens (tertiary/aromatic N) is 1. The van der Waals surface area contributed by atoms with Gasteiger partial charge in [-0.1, -0.05) is 18.2 Å². The van der Waals surface area contributed by atoms with Crippen LogP contribution in [0.2, 0.25) is 0 Å². The van der Waals surface area contributed by atoms with Crippen molar-refractivity contribution in [2.75, 3.05) is 6.61 Å². The maximum absolute atomic E-state index is 12.0. The van der Waals surface area contributed by atoms with E-state index in [1.54, 1.807) is 31.2 Å². The van der Waals surface area contributed by atoms with E-state index >= 15 is 0 Å². The molecular weight excluding hydrogens is 298 g/mol. The van der Waals surface area contributed by atoms with Crippen molar-refractivity contribution < 1.29 is 19.2 Å². The molecule has 118 valence electrons. The summed E-state index contributed by atoms with van der Waals surface area (Å²) in [6.07, 6.45) is 1.48. The Morgan fingerprint density at radius 3 is 2.35 bits per heavy atom. The summed E-state index contributed by atoms with van der Waals surface area (Å²) in [6.45, 7) is 1.92. The molecule has 0 atom stereocenters. The third kappa shape index (κ3) is 4.67. The van der Waals surface area contributed by atoms with Crippen molar-refractivity contribution in [3.8, 4) is 5.75 Å². The van der Waals surface area contributed by atoms with Crippen LogP contribution in [0, 0.1) is 10.1 Å². The van der Waals surface area contributed by atoms with Gasteiger partial charge in [0.15, 0.2) is 0 Å². The molecule has 0 radical (unpaired) electrons. The van der Waals surface area contributed by atoms with Crippen molar-refractivity contribution in [2.45, 2.75) is 6.92 Å². The number of esters is 1. The minimum atomic E-state index is -0.602. The number of hydrogen-bond donors (Lipinski definition) is 0. The molecule has 0 aliphatic carbocycles. The van der Waals surface area contributed by atoms with Gasteiger partial charge in [-0.3, -0.25) is 10.1 Å². The Bertz CT molecular complexity index is 708. The van der Waals surface area contributed by atoms with Crippen LogP contribution >= 0.6 is 0 Å². The van der Waals surface area contributed by atoms with E-state index in [2.05, 4.69) is 0 Å². The number of carbonyl (C=O) groups is 1. The Morgan fingerprint density at radius 1 is 1.13 bits per heavy atom. The van der Waals surface area contributed by atoms with Crippen molar-refractivity contribution in [3.05, 3.63) is 76.0 Å². The highest BCUT2D eigenvalue weighted by molar-refractivity contribution is 5.92. The predicted octanol–water partition coefficient (Wildman–Crippen LogP) is 3.58. The van der Waals surface area contributed by atoms with Crippen LogP contribution in [0.25, 0.3) is 6.08 Å². The smallest absolute Gasteiger partial charge is 0.374 e. The molecule has 2 aromatic rings. The first-order valence-corrected chi connectivity index (χ1v) is 6.96. The Labute approximate surface area is 133 Å². The molecule has 0 bridgehead atoms. The number of nitro benzene ring substituents is 1. The Hall–Kier alpha value is -3.15. The molecule has 0 heterocycles.